The molecule has 0 radical (unpaired) electrons. The normalized spacial score (nSPS) is 10.8. The zero-order valence-corrected chi connectivity index (χ0v) is 13.8. The van der Waals surface area contributed by atoms with E-state index < -0.39 is 0 Å². The fourth-order valence-corrected chi connectivity index (χ4v) is 2.38. The highest BCUT2D eigenvalue weighted by Gasteiger charge is 2.17. The van der Waals surface area contributed by atoms with E-state index >= 15 is 0 Å². The van der Waals surface area contributed by atoms with Crippen LogP contribution >= 0.6 is 0 Å². The number of rotatable bonds is 5. The number of nitrogens with zero attached hydrogens (tertiary/aromatic N) is 3. The quantitative estimate of drug-likeness (QED) is 0.784. The van der Waals surface area contributed by atoms with E-state index in [9.17, 15) is 4.79 Å². The minimum atomic E-state index is -0.151. The smallest absolute Gasteiger partial charge is 0.270 e. The summed E-state index contributed by atoms with van der Waals surface area (Å²) in [6.07, 6.45) is 3.46. The lowest BCUT2D eigenvalue weighted by Crippen LogP contribution is -2.25. The van der Waals surface area contributed by atoms with Crippen LogP contribution in [-0.4, -0.2) is 20.7 Å². The van der Waals surface area contributed by atoms with E-state index in [0.717, 1.165) is 16.9 Å². The predicted octanol–water partition coefficient (Wildman–Crippen LogP) is 3.32. The Morgan fingerprint density at radius 3 is 2.62 bits per heavy atom. The first-order valence-corrected chi connectivity index (χ1v) is 7.97. The third-order valence-electron chi connectivity index (χ3n) is 3.73. The van der Waals surface area contributed by atoms with Crippen LogP contribution in [0.3, 0.4) is 0 Å². The second-order valence-electron chi connectivity index (χ2n) is 5.90. The zero-order chi connectivity index (χ0) is 16.9. The Bertz CT molecular complexity index is 810. The molecule has 0 unspecified atom stereocenters. The van der Waals surface area contributed by atoms with Crippen molar-refractivity contribution in [3.63, 3.8) is 0 Å². The van der Waals surface area contributed by atoms with Crippen LogP contribution in [-0.2, 0) is 6.54 Å². The highest BCUT2D eigenvalue weighted by atomic mass is 16.2. The number of hydrogen-bond acceptors (Lipinski definition) is 3. The topological polar surface area (TPSA) is 59.8 Å². The number of para-hydroxylation sites is 1. The maximum atomic E-state index is 12.7. The van der Waals surface area contributed by atoms with Gasteiger partial charge >= 0.3 is 0 Å². The van der Waals surface area contributed by atoms with Crippen molar-refractivity contribution < 1.29 is 4.79 Å². The number of aromatic nitrogens is 3. The molecule has 0 fully saturated rings. The maximum Gasteiger partial charge on any atom is 0.270 e. The van der Waals surface area contributed by atoms with E-state index in [2.05, 4.69) is 29.2 Å². The first-order valence-electron chi connectivity index (χ1n) is 7.97. The minimum absolute atomic E-state index is 0.151. The molecular weight excluding hydrogens is 300 g/mol. The summed E-state index contributed by atoms with van der Waals surface area (Å²) in [5, 5.41) is 7.54. The molecule has 3 rings (SSSR count). The van der Waals surface area contributed by atoms with E-state index in [1.165, 1.54) is 0 Å². The van der Waals surface area contributed by atoms with Crippen molar-refractivity contribution in [3.8, 4) is 5.69 Å². The summed E-state index contributed by atoms with van der Waals surface area (Å²) in [6.45, 7) is 4.56. The van der Waals surface area contributed by atoms with Gasteiger partial charge in [0.15, 0.2) is 0 Å². The lowest BCUT2D eigenvalue weighted by atomic mass is 10.1. The van der Waals surface area contributed by atoms with Crippen molar-refractivity contribution in [1.82, 2.24) is 20.1 Å². The fraction of sp³-hybridized carbons (Fsp3) is 0.211. The number of pyridine rings is 1. The zero-order valence-electron chi connectivity index (χ0n) is 13.8. The number of amides is 1. The predicted molar refractivity (Wildman–Crippen MR) is 93.1 cm³/mol. The molecule has 1 N–H and O–H groups in total. The Balaban J connectivity index is 1.87. The number of hydrogen-bond donors (Lipinski definition) is 1. The van der Waals surface area contributed by atoms with Gasteiger partial charge in [-0.3, -0.25) is 9.78 Å². The van der Waals surface area contributed by atoms with E-state index in [1.807, 2.05) is 48.5 Å². The molecule has 5 nitrogen and oxygen atoms in total. The molecule has 2 heterocycles. The molecular formula is C19H20N4O. The molecule has 0 aliphatic carbocycles. The molecule has 122 valence electrons. The first-order chi connectivity index (χ1) is 11.6. The molecule has 0 saturated carbocycles. The van der Waals surface area contributed by atoms with Crippen LogP contribution in [0.1, 0.15) is 41.5 Å². The monoisotopic (exact) mass is 320 g/mol. The molecule has 0 atom stereocenters. The fourth-order valence-electron chi connectivity index (χ4n) is 2.38. The van der Waals surface area contributed by atoms with E-state index in [0.29, 0.717) is 12.2 Å². The van der Waals surface area contributed by atoms with E-state index in [4.69, 9.17) is 0 Å². The van der Waals surface area contributed by atoms with Gasteiger partial charge in [-0.2, -0.15) is 5.10 Å². The van der Waals surface area contributed by atoms with Gasteiger partial charge in [-0.25, -0.2) is 4.68 Å². The SMILES string of the molecule is CC(C)c1cc(C(=O)NCc2cccnc2)n(-c2ccccc2)n1. The summed E-state index contributed by atoms with van der Waals surface area (Å²) in [7, 11) is 0. The Labute approximate surface area is 141 Å². The van der Waals surface area contributed by atoms with Gasteiger partial charge in [0.25, 0.3) is 5.91 Å². The number of benzene rings is 1. The van der Waals surface area contributed by atoms with E-state index in [1.54, 1.807) is 17.1 Å². The van der Waals surface area contributed by atoms with Gasteiger partial charge in [-0.15, -0.1) is 0 Å². The average Bonchev–Trinajstić information content (AvgIpc) is 3.07. The van der Waals surface area contributed by atoms with Gasteiger partial charge in [0, 0.05) is 18.9 Å². The molecule has 0 aliphatic heterocycles. The van der Waals surface area contributed by atoms with Crippen LogP contribution in [0, 0.1) is 0 Å². The van der Waals surface area contributed by atoms with Crippen LogP contribution in [0.4, 0.5) is 0 Å². The van der Waals surface area contributed by atoms with Gasteiger partial charge in [-0.05, 0) is 35.7 Å². The lowest BCUT2D eigenvalue weighted by molar-refractivity contribution is 0.0943. The summed E-state index contributed by atoms with van der Waals surface area (Å²) >= 11 is 0. The largest absolute Gasteiger partial charge is 0.347 e. The standard InChI is InChI=1S/C19H20N4O/c1-14(2)17-11-18(23(22-17)16-8-4-3-5-9-16)19(24)21-13-15-7-6-10-20-12-15/h3-12,14H,13H2,1-2H3,(H,21,24). The summed E-state index contributed by atoms with van der Waals surface area (Å²) in [5.74, 6) is 0.0990. The number of nitrogens with one attached hydrogen (secondary N) is 1. The molecule has 0 bridgehead atoms. The highest BCUT2D eigenvalue weighted by molar-refractivity contribution is 5.93. The number of carbonyl (C=O) groups excluding carboxylic acids is 1. The molecule has 0 spiro atoms. The van der Waals surface area contributed by atoms with Gasteiger partial charge < -0.3 is 5.32 Å². The van der Waals surface area contributed by atoms with Gasteiger partial charge in [0.1, 0.15) is 5.69 Å². The molecule has 0 aliphatic rings. The van der Waals surface area contributed by atoms with Crippen LogP contribution < -0.4 is 5.32 Å². The Hall–Kier alpha value is -2.95. The van der Waals surface area contributed by atoms with Crippen LogP contribution in [0.5, 0.6) is 0 Å². The van der Waals surface area contributed by atoms with Crippen molar-refractivity contribution in [1.29, 1.82) is 0 Å². The first kappa shape index (κ1) is 15.9. The third kappa shape index (κ3) is 3.51. The van der Waals surface area contributed by atoms with Crippen molar-refractivity contribution in [2.45, 2.75) is 26.3 Å². The maximum absolute atomic E-state index is 12.7. The van der Waals surface area contributed by atoms with Gasteiger partial charge in [-0.1, -0.05) is 38.1 Å². The van der Waals surface area contributed by atoms with Crippen molar-refractivity contribution in [2.75, 3.05) is 0 Å². The molecule has 0 saturated heterocycles. The van der Waals surface area contributed by atoms with Gasteiger partial charge in [0.05, 0.1) is 11.4 Å². The second kappa shape index (κ2) is 7.08. The summed E-state index contributed by atoms with van der Waals surface area (Å²) in [4.78, 5) is 16.7. The summed E-state index contributed by atoms with van der Waals surface area (Å²) in [6, 6.07) is 15.3. The molecule has 2 aromatic heterocycles. The van der Waals surface area contributed by atoms with Gasteiger partial charge in [0.2, 0.25) is 0 Å². The lowest BCUT2D eigenvalue weighted by Gasteiger charge is -2.08. The molecule has 1 aromatic carbocycles. The summed E-state index contributed by atoms with van der Waals surface area (Å²) in [5.41, 5.74) is 3.26. The van der Waals surface area contributed by atoms with Crippen molar-refractivity contribution in [2.24, 2.45) is 0 Å². The van der Waals surface area contributed by atoms with Crippen LogP contribution in [0.25, 0.3) is 5.69 Å². The van der Waals surface area contributed by atoms with Crippen LogP contribution in [0.15, 0.2) is 60.9 Å². The molecule has 3 aromatic rings. The molecule has 1 amide bonds. The van der Waals surface area contributed by atoms with Crippen LogP contribution in [0.2, 0.25) is 0 Å². The average molecular weight is 320 g/mol. The second-order valence-corrected chi connectivity index (χ2v) is 5.90. The van der Waals surface area contributed by atoms with E-state index in [-0.39, 0.29) is 11.8 Å². The third-order valence-corrected chi connectivity index (χ3v) is 3.73. The Morgan fingerprint density at radius 1 is 1.17 bits per heavy atom. The number of carbonyl (C=O) groups is 1. The molecule has 24 heavy (non-hydrogen) atoms. The Morgan fingerprint density at radius 2 is 1.96 bits per heavy atom. The Kier molecular flexibility index (Phi) is 4.70. The summed E-state index contributed by atoms with van der Waals surface area (Å²) < 4.78 is 1.70. The van der Waals surface area contributed by atoms with Crippen molar-refractivity contribution in [3.05, 3.63) is 77.9 Å². The highest BCUT2D eigenvalue weighted by Crippen LogP contribution is 2.18. The van der Waals surface area contributed by atoms with Crippen molar-refractivity contribution >= 4 is 5.91 Å². The minimum Gasteiger partial charge on any atom is -0.347 e. The molecule has 5 heteroatoms.